The quantitative estimate of drug-likeness (QED) is 0.701. The molecule has 1 atom stereocenters. The zero-order valence-electron chi connectivity index (χ0n) is 12.2. The number of aromatic nitrogens is 2. The number of halogens is 1. The Morgan fingerprint density at radius 3 is 2.74 bits per heavy atom. The summed E-state index contributed by atoms with van der Waals surface area (Å²) in [6.07, 6.45) is 0.766. The normalized spacial score (nSPS) is 12.1. The number of imidazole rings is 1. The molecule has 8 nitrogen and oxygen atoms in total. The van der Waals surface area contributed by atoms with Crippen molar-refractivity contribution in [3.05, 3.63) is 35.5 Å². The van der Waals surface area contributed by atoms with Crippen molar-refractivity contribution < 1.29 is 23.9 Å². The smallest absolute Gasteiger partial charge is 0.326 e. The van der Waals surface area contributed by atoms with Gasteiger partial charge in [-0.05, 0) is 25.5 Å². The number of hydrogen-bond donors (Lipinski definition) is 3. The summed E-state index contributed by atoms with van der Waals surface area (Å²) in [6, 6.07) is 1.32. The van der Waals surface area contributed by atoms with Gasteiger partial charge in [0, 0.05) is 12.6 Å². The Balaban J connectivity index is 2.28. The van der Waals surface area contributed by atoms with Gasteiger partial charge in [0.1, 0.15) is 23.2 Å². The van der Waals surface area contributed by atoms with Crippen LogP contribution in [-0.4, -0.2) is 38.3 Å². The van der Waals surface area contributed by atoms with E-state index in [0.29, 0.717) is 11.3 Å². The van der Waals surface area contributed by atoms with Crippen LogP contribution in [0.2, 0.25) is 0 Å². The van der Waals surface area contributed by atoms with Gasteiger partial charge >= 0.3 is 5.97 Å². The molecular formula is C14H15FN4O4. The SMILES string of the molecule is Cc1nc2ccc(F)cn2c1C(=O)NC(CCC(N)=O)C(=O)O. The Labute approximate surface area is 130 Å². The van der Waals surface area contributed by atoms with E-state index in [0.717, 1.165) is 6.20 Å². The minimum absolute atomic E-state index is 0.0322. The molecule has 0 fully saturated rings. The number of hydrogen-bond acceptors (Lipinski definition) is 4. The lowest BCUT2D eigenvalue weighted by Crippen LogP contribution is -2.42. The number of fused-ring (bicyclic) bond motifs is 1. The molecule has 0 aliphatic heterocycles. The van der Waals surface area contributed by atoms with E-state index >= 15 is 0 Å². The van der Waals surface area contributed by atoms with E-state index in [2.05, 4.69) is 10.3 Å². The highest BCUT2D eigenvalue weighted by molar-refractivity contribution is 5.97. The molecule has 4 N–H and O–H groups in total. The minimum Gasteiger partial charge on any atom is -0.480 e. The first-order valence-electron chi connectivity index (χ1n) is 6.75. The molecule has 122 valence electrons. The van der Waals surface area contributed by atoms with Crippen LogP contribution in [-0.2, 0) is 9.59 Å². The molecule has 2 rings (SSSR count). The molecule has 0 bridgehead atoms. The Hall–Kier alpha value is -2.97. The third-order valence-electron chi connectivity index (χ3n) is 3.25. The molecule has 0 saturated heterocycles. The predicted molar refractivity (Wildman–Crippen MR) is 77.2 cm³/mol. The molecule has 2 aromatic heterocycles. The molecule has 2 heterocycles. The Morgan fingerprint density at radius 2 is 2.13 bits per heavy atom. The number of amides is 2. The van der Waals surface area contributed by atoms with Gasteiger partial charge in [-0.3, -0.25) is 14.0 Å². The molecule has 23 heavy (non-hydrogen) atoms. The first-order chi connectivity index (χ1) is 10.8. The average molecular weight is 322 g/mol. The van der Waals surface area contributed by atoms with Gasteiger partial charge in [-0.15, -0.1) is 0 Å². The van der Waals surface area contributed by atoms with Crippen LogP contribution < -0.4 is 11.1 Å². The van der Waals surface area contributed by atoms with E-state index in [1.54, 1.807) is 6.92 Å². The maximum atomic E-state index is 13.4. The second-order valence-corrected chi connectivity index (χ2v) is 4.99. The van der Waals surface area contributed by atoms with Crippen molar-refractivity contribution in [1.82, 2.24) is 14.7 Å². The van der Waals surface area contributed by atoms with E-state index < -0.39 is 29.6 Å². The molecule has 2 amide bonds. The fraction of sp³-hybridized carbons (Fsp3) is 0.286. The molecular weight excluding hydrogens is 307 g/mol. The van der Waals surface area contributed by atoms with Crippen LogP contribution in [0.3, 0.4) is 0 Å². The number of carboxylic acids is 1. The first kappa shape index (κ1) is 16.4. The van der Waals surface area contributed by atoms with Crippen molar-refractivity contribution >= 4 is 23.4 Å². The highest BCUT2D eigenvalue weighted by atomic mass is 19.1. The van der Waals surface area contributed by atoms with Crippen molar-refractivity contribution in [3.8, 4) is 0 Å². The van der Waals surface area contributed by atoms with Crippen LogP contribution in [0.4, 0.5) is 4.39 Å². The minimum atomic E-state index is -1.29. The number of carbonyl (C=O) groups is 3. The van der Waals surface area contributed by atoms with Gasteiger partial charge in [-0.2, -0.15) is 0 Å². The molecule has 0 aliphatic carbocycles. The van der Waals surface area contributed by atoms with E-state index in [1.807, 2.05) is 0 Å². The Kier molecular flexibility index (Phi) is 4.58. The second-order valence-electron chi connectivity index (χ2n) is 4.99. The lowest BCUT2D eigenvalue weighted by molar-refractivity contribution is -0.139. The van der Waals surface area contributed by atoms with Crippen LogP contribution in [0.15, 0.2) is 18.3 Å². The molecule has 9 heteroatoms. The van der Waals surface area contributed by atoms with E-state index in [1.165, 1.54) is 16.5 Å². The highest BCUT2D eigenvalue weighted by Crippen LogP contribution is 2.13. The number of nitrogens with two attached hydrogens (primary N) is 1. The number of primary amides is 1. The summed E-state index contributed by atoms with van der Waals surface area (Å²) >= 11 is 0. The maximum Gasteiger partial charge on any atom is 0.326 e. The molecule has 0 saturated carbocycles. The maximum absolute atomic E-state index is 13.4. The number of rotatable bonds is 6. The zero-order chi connectivity index (χ0) is 17.1. The van der Waals surface area contributed by atoms with Crippen molar-refractivity contribution in [2.24, 2.45) is 5.73 Å². The summed E-state index contributed by atoms with van der Waals surface area (Å²) in [5.41, 5.74) is 5.70. The van der Waals surface area contributed by atoms with E-state index in [-0.39, 0.29) is 18.5 Å². The Bertz CT molecular complexity index is 786. The first-order valence-corrected chi connectivity index (χ1v) is 6.75. The summed E-state index contributed by atoms with van der Waals surface area (Å²) in [4.78, 5) is 38.4. The Morgan fingerprint density at radius 1 is 1.43 bits per heavy atom. The molecule has 1 unspecified atom stereocenters. The highest BCUT2D eigenvalue weighted by Gasteiger charge is 2.24. The number of aliphatic carboxylic acids is 1. The summed E-state index contributed by atoms with van der Waals surface area (Å²) in [6.45, 7) is 1.55. The number of carbonyl (C=O) groups excluding carboxylic acids is 2. The molecule has 0 spiro atoms. The van der Waals surface area contributed by atoms with Crippen molar-refractivity contribution in [2.45, 2.75) is 25.8 Å². The number of carboxylic acid groups (broad SMARTS) is 1. The van der Waals surface area contributed by atoms with Gasteiger partial charge in [-0.1, -0.05) is 0 Å². The lowest BCUT2D eigenvalue weighted by atomic mass is 10.1. The van der Waals surface area contributed by atoms with Gasteiger partial charge in [0.05, 0.1) is 5.69 Å². The van der Waals surface area contributed by atoms with Crippen LogP contribution in [0.1, 0.15) is 29.0 Å². The fourth-order valence-corrected chi connectivity index (χ4v) is 2.18. The number of pyridine rings is 1. The topological polar surface area (TPSA) is 127 Å². The summed E-state index contributed by atoms with van der Waals surface area (Å²) in [7, 11) is 0. The van der Waals surface area contributed by atoms with Gasteiger partial charge in [-0.25, -0.2) is 14.2 Å². The van der Waals surface area contributed by atoms with Crippen molar-refractivity contribution in [2.75, 3.05) is 0 Å². The number of nitrogens with zero attached hydrogens (tertiary/aromatic N) is 2. The largest absolute Gasteiger partial charge is 0.480 e. The van der Waals surface area contributed by atoms with Crippen LogP contribution >= 0.6 is 0 Å². The van der Waals surface area contributed by atoms with Crippen molar-refractivity contribution in [1.29, 1.82) is 0 Å². The third-order valence-corrected chi connectivity index (χ3v) is 3.25. The third kappa shape index (κ3) is 3.62. The van der Waals surface area contributed by atoms with Gasteiger partial charge in [0.25, 0.3) is 5.91 Å². The zero-order valence-corrected chi connectivity index (χ0v) is 12.2. The molecule has 0 radical (unpaired) electrons. The lowest BCUT2D eigenvalue weighted by Gasteiger charge is -2.14. The van der Waals surface area contributed by atoms with Crippen LogP contribution in [0.25, 0.3) is 5.65 Å². The second kappa shape index (κ2) is 6.42. The fourth-order valence-electron chi connectivity index (χ4n) is 2.18. The van der Waals surface area contributed by atoms with Gasteiger partial charge < -0.3 is 16.2 Å². The molecule has 0 aliphatic rings. The average Bonchev–Trinajstić information content (AvgIpc) is 2.77. The summed E-state index contributed by atoms with van der Waals surface area (Å²) in [5, 5.41) is 11.4. The summed E-state index contributed by atoms with van der Waals surface area (Å²) in [5.74, 6) is -3.25. The van der Waals surface area contributed by atoms with Crippen LogP contribution in [0.5, 0.6) is 0 Å². The standard InChI is InChI=1S/C14H15FN4O4/c1-7-12(19-6-8(15)2-5-11(19)17-7)13(21)18-9(14(22)23)3-4-10(16)20/h2,5-6,9H,3-4H2,1H3,(H2,16,20)(H,18,21)(H,22,23). The van der Waals surface area contributed by atoms with Gasteiger partial charge in [0.15, 0.2) is 0 Å². The molecule has 2 aromatic rings. The van der Waals surface area contributed by atoms with Crippen LogP contribution in [0, 0.1) is 12.7 Å². The number of aryl methyl sites for hydroxylation is 1. The number of nitrogens with one attached hydrogen (secondary N) is 1. The van der Waals surface area contributed by atoms with Gasteiger partial charge in [0.2, 0.25) is 5.91 Å². The molecule has 0 aromatic carbocycles. The van der Waals surface area contributed by atoms with E-state index in [4.69, 9.17) is 10.8 Å². The predicted octanol–water partition coefficient (Wildman–Crippen LogP) is 0.230. The summed E-state index contributed by atoms with van der Waals surface area (Å²) < 4.78 is 14.6. The van der Waals surface area contributed by atoms with E-state index in [9.17, 15) is 18.8 Å². The monoisotopic (exact) mass is 322 g/mol. The van der Waals surface area contributed by atoms with Crippen molar-refractivity contribution in [3.63, 3.8) is 0 Å².